The molecule has 1 unspecified atom stereocenters. The molecule has 7 heteroatoms. The lowest BCUT2D eigenvalue weighted by Crippen LogP contribution is -2.07. The largest absolute Gasteiger partial charge is 0.397 e. The summed E-state index contributed by atoms with van der Waals surface area (Å²) >= 11 is 0. The summed E-state index contributed by atoms with van der Waals surface area (Å²) in [5, 5.41) is 0. The van der Waals surface area contributed by atoms with E-state index in [1.165, 1.54) is 0 Å². The molecular formula is C8H14N2O4S. The highest BCUT2D eigenvalue weighted by Gasteiger charge is 2.13. The molecule has 1 aromatic rings. The summed E-state index contributed by atoms with van der Waals surface area (Å²) in [4.78, 5) is 0. The lowest BCUT2D eigenvalue weighted by molar-refractivity contribution is 0.201. The molecule has 5 N–H and O–H groups in total. The summed E-state index contributed by atoms with van der Waals surface area (Å²) in [5.74, 6) is 8.00. The van der Waals surface area contributed by atoms with E-state index in [0.717, 1.165) is 0 Å². The predicted octanol–water partition coefficient (Wildman–Crippen LogP) is 0.386. The van der Waals surface area contributed by atoms with Crippen molar-refractivity contribution in [2.24, 2.45) is 11.7 Å². The van der Waals surface area contributed by atoms with Gasteiger partial charge in [-0.3, -0.25) is 16.2 Å². The van der Waals surface area contributed by atoms with Gasteiger partial charge in [0.05, 0.1) is 0 Å². The fraction of sp³-hybridized carbons (Fsp3) is 0.250. The molecule has 0 aromatic heterocycles. The van der Waals surface area contributed by atoms with Gasteiger partial charge in [0, 0.05) is 0 Å². The standard InChI is InChI=1S/C8H10O4S.H4N2/c1-7(12-13(9,10)11)8-5-3-2-4-6-8;1-2/h2-7H,1H3,(H,9,10,11);1-2H2. The van der Waals surface area contributed by atoms with Gasteiger partial charge in [-0.05, 0) is 12.5 Å². The molecule has 86 valence electrons. The Morgan fingerprint density at radius 2 is 1.73 bits per heavy atom. The molecule has 0 spiro atoms. The quantitative estimate of drug-likeness (QED) is 0.395. The molecular weight excluding hydrogens is 220 g/mol. The Balaban J connectivity index is 0.000000921. The first-order valence-corrected chi connectivity index (χ1v) is 5.39. The summed E-state index contributed by atoms with van der Waals surface area (Å²) in [7, 11) is -4.37. The van der Waals surface area contributed by atoms with E-state index >= 15 is 0 Å². The fourth-order valence-corrected chi connectivity index (χ4v) is 1.44. The molecule has 0 aliphatic rings. The number of rotatable bonds is 3. The third kappa shape index (κ3) is 6.15. The fourth-order valence-electron chi connectivity index (χ4n) is 0.962. The van der Waals surface area contributed by atoms with E-state index in [-0.39, 0.29) is 0 Å². The van der Waals surface area contributed by atoms with Crippen LogP contribution in [0.4, 0.5) is 0 Å². The van der Waals surface area contributed by atoms with Crippen molar-refractivity contribution in [3.8, 4) is 0 Å². The zero-order chi connectivity index (χ0) is 11.9. The Kier molecular flexibility index (Phi) is 6.06. The zero-order valence-electron chi connectivity index (χ0n) is 8.20. The van der Waals surface area contributed by atoms with Crippen molar-refractivity contribution in [1.29, 1.82) is 0 Å². The zero-order valence-corrected chi connectivity index (χ0v) is 9.02. The molecule has 0 saturated carbocycles. The molecule has 0 aliphatic heterocycles. The first-order chi connectivity index (χ1) is 6.99. The van der Waals surface area contributed by atoms with E-state index in [1.54, 1.807) is 31.2 Å². The van der Waals surface area contributed by atoms with Crippen molar-refractivity contribution in [3.05, 3.63) is 35.9 Å². The molecule has 0 heterocycles. The highest BCUT2D eigenvalue weighted by Crippen LogP contribution is 2.17. The van der Waals surface area contributed by atoms with Crippen molar-refractivity contribution in [2.45, 2.75) is 13.0 Å². The lowest BCUT2D eigenvalue weighted by Gasteiger charge is -2.09. The van der Waals surface area contributed by atoms with E-state index in [2.05, 4.69) is 15.9 Å². The second-order valence-corrected chi connectivity index (χ2v) is 3.62. The lowest BCUT2D eigenvalue weighted by atomic mass is 10.1. The molecule has 1 aromatic carbocycles. The minimum absolute atomic E-state index is 0.670. The first kappa shape index (κ1) is 14.0. The summed E-state index contributed by atoms with van der Waals surface area (Å²) < 4.78 is 33.4. The molecule has 0 aliphatic carbocycles. The van der Waals surface area contributed by atoms with Crippen LogP contribution < -0.4 is 11.7 Å². The van der Waals surface area contributed by atoms with E-state index in [0.29, 0.717) is 5.56 Å². The van der Waals surface area contributed by atoms with Gasteiger partial charge in [0.1, 0.15) is 6.10 Å². The third-order valence-electron chi connectivity index (χ3n) is 1.53. The van der Waals surface area contributed by atoms with E-state index < -0.39 is 16.5 Å². The minimum Gasteiger partial charge on any atom is -0.274 e. The van der Waals surface area contributed by atoms with Crippen LogP contribution in [-0.2, 0) is 14.6 Å². The Hall–Kier alpha value is -0.990. The highest BCUT2D eigenvalue weighted by atomic mass is 32.3. The Morgan fingerprint density at radius 1 is 1.27 bits per heavy atom. The average Bonchev–Trinajstić information content (AvgIpc) is 2.20. The smallest absolute Gasteiger partial charge is 0.274 e. The van der Waals surface area contributed by atoms with Crippen LogP contribution in [0.2, 0.25) is 0 Å². The number of hydrazine groups is 1. The van der Waals surface area contributed by atoms with Crippen molar-refractivity contribution in [2.75, 3.05) is 0 Å². The second-order valence-electron chi connectivity index (χ2n) is 2.58. The molecule has 0 amide bonds. The molecule has 0 saturated heterocycles. The first-order valence-electron chi connectivity index (χ1n) is 4.03. The van der Waals surface area contributed by atoms with Crippen LogP contribution in [-0.4, -0.2) is 13.0 Å². The SMILES string of the molecule is CC(OS(=O)(=O)O)c1ccccc1.NN. The third-order valence-corrected chi connectivity index (χ3v) is 2.07. The van der Waals surface area contributed by atoms with Gasteiger partial charge >= 0.3 is 10.4 Å². The minimum atomic E-state index is -4.37. The van der Waals surface area contributed by atoms with Gasteiger partial charge in [0.15, 0.2) is 0 Å². The van der Waals surface area contributed by atoms with E-state index in [4.69, 9.17) is 4.55 Å². The van der Waals surface area contributed by atoms with Crippen LogP contribution >= 0.6 is 0 Å². The van der Waals surface area contributed by atoms with Gasteiger partial charge in [0.2, 0.25) is 0 Å². The van der Waals surface area contributed by atoms with Crippen LogP contribution in [0.25, 0.3) is 0 Å². The van der Waals surface area contributed by atoms with Crippen LogP contribution in [0, 0.1) is 0 Å². The maximum Gasteiger partial charge on any atom is 0.397 e. The van der Waals surface area contributed by atoms with Crippen molar-refractivity contribution < 1.29 is 17.2 Å². The van der Waals surface area contributed by atoms with Crippen molar-refractivity contribution in [3.63, 3.8) is 0 Å². The maximum absolute atomic E-state index is 10.3. The van der Waals surface area contributed by atoms with Crippen LogP contribution in [0.1, 0.15) is 18.6 Å². The predicted molar refractivity (Wildman–Crippen MR) is 55.9 cm³/mol. The summed E-state index contributed by atoms with van der Waals surface area (Å²) in [5.41, 5.74) is 0.695. The summed E-state index contributed by atoms with van der Waals surface area (Å²) in [6.45, 7) is 1.54. The van der Waals surface area contributed by atoms with Crippen molar-refractivity contribution >= 4 is 10.4 Å². The topological polar surface area (TPSA) is 116 Å². The van der Waals surface area contributed by atoms with Crippen LogP contribution in [0.15, 0.2) is 30.3 Å². The maximum atomic E-state index is 10.3. The summed E-state index contributed by atoms with van der Waals surface area (Å²) in [6.07, 6.45) is -0.670. The van der Waals surface area contributed by atoms with Gasteiger partial charge in [-0.1, -0.05) is 30.3 Å². The van der Waals surface area contributed by atoms with Gasteiger partial charge in [0.25, 0.3) is 0 Å². The second kappa shape index (κ2) is 6.49. The molecule has 1 rings (SSSR count). The number of nitrogens with two attached hydrogens (primary N) is 2. The Morgan fingerprint density at radius 3 is 2.13 bits per heavy atom. The normalized spacial score (nSPS) is 12.5. The Labute approximate surface area is 88.8 Å². The van der Waals surface area contributed by atoms with Gasteiger partial charge in [-0.15, -0.1) is 0 Å². The van der Waals surface area contributed by atoms with E-state index in [1.807, 2.05) is 6.07 Å². The molecule has 6 nitrogen and oxygen atoms in total. The summed E-state index contributed by atoms with van der Waals surface area (Å²) in [6, 6.07) is 8.77. The Bertz CT molecular complexity index is 365. The molecule has 15 heavy (non-hydrogen) atoms. The van der Waals surface area contributed by atoms with Gasteiger partial charge in [-0.25, -0.2) is 4.18 Å². The molecule has 0 bridgehead atoms. The molecule has 0 fully saturated rings. The average molecular weight is 234 g/mol. The monoisotopic (exact) mass is 234 g/mol. The van der Waals surface area contributed by atoms with Crippen LogP contribution in [0.3, 0.4) is 0 Å². The molecule has 1 atom stereocenters. The number of hydrogen-bond donors (Lipinski definition) is 3. The van der Waals surface area contributed by atoms with Crippen molar-refractivity contribution in [1.82, 2.24) is 0 Å². The van der Waals surface area contributed by atoms with Crippen LogP contribution in [0.5, 0.6) is 0 Å². The highest BCUT2D eigenvalue weighted by molar-refractivity contribution is 7.80. The molecule has 0 radical (unpaired) electrons. The van der Waals surface area contributed by atoms with Gasteiger partial charge in [-0.2, -0.15) is 8.42 Å². The van der Waals surface area contributed by atoms with Gasteiger partial charge < -0.3 is 0 Å². The van der Waals surface area contributed by atoms with E-state index in [9.17, 15) is 8.42 Å². The number of benzene rings is 1. The number of hydrogen-bond acceptors (Lipinski definition) is 5.